The maximum absolute atomic E-state index is 9.83. The molecule has 1 heterocycles. The summed E-state index contributed by atoms with van der Waals surface area (Å²) in [4.78, 5) is 7.97. The zero-order chi connectivity index (χ0) is 13.4. The maximum Gasteiger partial charge on any atom is 0.264 e. The third-order valence-corrected chi connectivity index (χ3v) is 2.86. The molecular formula is C12H16N2O5. The van der Waals surface area contributed by atoms with Gasteiger partial charge in [-0.1, -0.05) is 19.1 Å². The van der Waals surface area contributed by atoms with Crippen LogP contribution in [-0.2, 0) is 5.79 Å². The summed E-state index contributed by atoms with van der Waals surface area (Å²) in [5.41, 5.74) is 0.706. The number of nitrogens with zero attached hydrogens (tertiary/aromatic N) is 2. The lowest BCUT2D eigenvalue weighted by atomic mass is 10.00. The summed E-state index contributed by atoms with van der Waals surface area (Å²) in [6.45, 7) is 1.41. The smallest absolute Gasteiger partial charge is 0.264 e. The zero-order valence-corrected chi connectivity index (χ0v) is 10.3. The van der Waals surface area contributed by atoms with Crippen molar-refractivity contribution >= 4 is 11.0 Å². The van der Waals surface area contributed by atoms with E-state index in [2.05, 4.69) is 9.97 Å². The first kappa shape index (κ1) is 15.4. The number of hydrogen-bond acceptors (Lipinski definition) is 6. The summed E-state index contributed by atoms with van der Waals surface area (Å²) in [6, 6.07) is 6.86. The van der Waals surface area contributed by atoms with Crippen molar-refractivity contribution in [1.82, 2.24) is 9.97 Å². The van der Waals surface area contributed by atoms with Crippen molar-refractivity contribution in [3.8, 4) is 0 Å². The minimum Gasteiger partial charge on any atom is -0.412 e. The van der Waals surface area contributed by atoms with Crippen LogP contribution in [0.3, 0.4) is 0 Å². The first-order valence-corrected chi connectivity index (χ1v) is 5.50. The molecule has 0 saturated heterocycles. The Kier molecular flexibility index (Phi) is 4.18. The average molecular weight is 268 g/mol. The minimum absolute atomic E-state index is 0. The maximum atomic E-state index is 9.83. The first-order valence-electron chi connectivity index (χ1n) is 5.50. The molecule has 0 fully saturated rings. The highest BCUT2D eigenvalue weighted by Gasteiger charge is 2.48. The largest absolute Gasteiger partial charge is 0.412 e. The Bertz CT molecular complexity index is 571. The second-order valence-corrected chi connectivity index (χ2v) is 4.09. The molecule has 0 unspecified atom stereocenters. The van der Waals surface area contributed by atoms with Crippen LogP contribution in [0.2, 0.25) is 0 Å². The summed E-state index contributed by atoms with van der Waals surface area (Å²) < 4.78 is 0. The van der Waals surface area contributed by atoms with Crippen LogP contribution in [0.25, 0.3) is 11.0 Å². The number of benzene rings is 1. The van der Waals surface area contributed by atoms with Crippen molar-refractivity contribution in [2.75, 3.05) is 0 Å². The van der Waals surface area contributed by atoms with Gasteiger partial charge >= 0.3 is 0 Å². The number of aliphatic hydroxyl groups is 4. The van der Waals surface area contributed by atoms with Crippen molar-refractivity contribution in [3.05, 3.63) is 36.2 Å². The van der Waals surface area contributed by atoms with Gasteiger partial charge in [0.05, 0.1) is 17.2 Å². The van der Waals surface area contributed by atoms with E-state index in [9.17, 15) is 20.4 Å². The lowest BCUT2D eigenvalue weighted by Gasteiger charge is -2.33. The Hall–Kier alpha value is -1.64. The molecule has 7 nitrogen and oxygen atoms in total. The van der Waals surface area contributed by atoms with Gasteiger partial charge in [0.1, 0.15) is 5.69 Å². The summed E-state index contributed by atoms with van der Waals surface area (Å²) >= 11 is 0. The molecule has 0 amide bonds. The average Bonchev–Trinajstić information content (AvgIpc) is 2.37. The molecule has 0 spiro atoms. The number of fused-ring (bicyclic) bond motifs is 1. The predicted molar refractivity (Wildman–Crippen MR) is 66.7 cm³/mol. The topological polar surface area (TPSA) is 138 Å². The van der Waals surface area contributed by atoms with E-state index in [0.717, 1.165) is 6.20 Å². The fourth-order valence-corrected chi connectivity index (χ4v) is 1.58. The Morgan fingerprint density at radius 3 is 2.21 bits per heavy atom. The molecule has 19 heavy (non-hydrogen) atoms. The van der Waals surface area contributed by atoms with Gasteiger partial charge in [0.15, 0.2) is 0 Å². The van der Waals surface area contributed by atoms with Crippen molar-refractivity contribution in [3.63, 3.8) is 0 Å². The molecule has 104 valence electrons. The van der Waals surface area contributed by atoms with E-state index in [4.69, 9.17) is 0 Å². The van der Waals surface area contributed by atoms with Crippen molar-refractivity contribution in [2.45, 2.75) is 24.9 Å². The molecule has 0 aliphatic carbocycles. The highest BCUT2D eigenvalue weighted by Crippen LogP contribution is 2.30. The molecule has 0 radical (unpaired) electrons. The SMILES string of the molecule is CCC(O)(O)C(O)(O)c1cnc2ccccc2n1.O. The fourth-order valence-electron chi connectivity index (χ4n) is 1.58. The summed E-state index contributed by atoms with van der Waals surface area (Å²) in [7, 11) is 0. The monoisotopic (exact) mass is 268 g/mol. The zero-order valence-electron chi connectivity index (χ0n) is 10.3. The van der Waals surface area contributed by atoms with Gasteiger partial charge in [-0.2, -0.15) is 0 Å². The third kappa shape index (κ3) is 2.55. The molecule has 0 saturated carbocycles. The molecular weight excluding hydrogens is 252 g/mol. The molecule has 2 rings (SSSR count). The molecule has 1 aromatic carbocycles. The number of para-hydroxylation sites is 2. The highest BCUT2D eigenvalue weighted by atomic mass is 16.6. The van der Waals surface area contributed by atoms with Gasteiger partial charge in [-0.05, 0) is 12.1 Å². The molecule has 0 aliphatic heterocycles. The first-order chi connectivity index (χ1) is 8.38. The van der Waals surface area contributed by atoms with E-state index in [1.807, 2.05) is 0 Å². The van der Waals surface area contributed by atoms with Gasteiger partial charge in [-0.15, -0.1) is 0 Å². The second kappa shape index (κ2) is 5.16. The van der Waals surface area contributed by atoms with Crippen molar-refractivity contribution < 1.29 is 25.9 Å². The van der Waals surface area contributed by atoms with E-state index in [0.29, 0.717) is 11.0 Å². The fraction of sp³-hybridized carbons (Fsp3) is 0.333. The predicted octanol–water partition coefficient (Wildman–Crippen LogP) is -0.967. The van der Waals surface area contributed by atoms with Gasteiger partial charge in [0.2, 0.25) is 5.79 Å². The second-order valence-electron chi connectivity index (χ2n) is 4.09. The van der Waals surface area contributed by atoms with Crippen LogP contribution in [0, 0.1) is 0 Å². The van der Waals surface area contributed by atoms with Crippen molar-refractivity contribution in [1.29, 1.82) is 0 Å². The van der Waals surface area contributed by atoms with E-state index in [1.165, 1.54) is 6.92 Å². The van der Waals surface area contributed by atoms with Crippen LogP contribution in [0.1, 0.15) is 19.0 Å². The highest BCUT2D eigenvalue weighted by molar-refractivity contribution is 5.73. The van der Waals surface area contributed by atoms with Crippen molar-refractivity contribution in [2.24, 2.45) is 0 Å². The standard InChI is InChI=1S/C12H14N2O4.H2O/c1-2-11(15,16)12(17,18)10-7-13-8-5-3-4-6-9(8)14-10;/h3-7,15-18H,2H2,1H3;1H2. The van der Waals surface area contributed by atoms with Crippen LogP contribution < -0.4 is 0 Å². The van der Waals surface area contributed by atoms with E-state index >= 15 is 0 Å². The van der Waals surface area contributed by atoms with Crippen LogP contribution in [0.15, 0.2) is 30.5 Å². The van der Waals surface area contributed by atoms with Crippen LogP contribution in [0.4, 0.5) is 0 Å². The molecule has 0 aliphatic rings. The third-order valence-electron chi connectivity index (χ3n) is 2.86. The lowest BCUT2D eigenvalue weighted by Crippen LogP contribution is -2.52. The molecule has 0 bridgehead atoms. The molecule has 2 aromatic rings. The Morgan fingerprint density at radius 1 is 1.05 bits per heavy atom. The lowest BCUT2D eigenvalue weighted by molar-refractivity contribution is -0.368. The molecule has 6 N–H and O–H groups in total. The van der Waals surface area contributed by atoms with E-state index < -0.39 is 11.6 Å². The van der Waals surface area contributed by atoms with E-state index in [1.54, 1.807) is 24.3 Å². The van der Waals surface area contributed by atoms with Crippen LogP contribution >= 0.6 is 0 Å². The van der Waals surface area contributed by atoms with Gasteiger partial charge in [0.25, 0.3) is 5.79 Å². The summed E-state index contributed by atoms with van der Waals surface area (Å²) in [5.74, 6) is -5.57. The molecule has 0 atom stereocenters. The minimum atomic E-state index is -2.88. The van der Waals surface area contributed by atoms with Gasteiger partial charge in [-0.25, -0.2) is 4.98 Å². The quantitative estimate of drug-likeness (QED) is 0.528. The number of rotatable bonds is 3. The molecule has 1 aromatic heterocycles. The molecule has 7 heteroatoms. The summed E-state index contributed by atoms with van der Waals surface area (Å²) in [5, 5.41) is 38.8. The van der Waals surface area contributed by atoms with Crippen LogP contribution in [-0.4, -0.2) is 41.7 Å². The summed E-state index contributed by atoms with van der Waals surface area (Å²) in [6.07, 6.45) is 0.841. The van der Waals surface area contributed by atoms with E-state index in [-0.39, 0.29) is 17.6 Å². The number of aromatic nitrogens is 2. The Balaban J connectivity index is 0.00000180. The van der Waals surface area contributed by atoms with Gasteiger partial charge in [-0.3, -0.25) is 4.98 Å². The normalized spacial score (nSPS) is 12.3. The van der Waals surface area contributed by atoms with Gasteiger partial charge < -0.3 is 25.9 Å². The Labute approximate surface area is 109 Å². The van der Waals surface area contributed by atoms with Crippen LogP contribution in [0.5, 0.6) is 0 Å². The van der Waals surface area contributed by atoms with Gasteiger partial charge in [0, 0.05) is 6.42 Å². The number of hydrogen-bond donors (Lipinski definition) is 4. The Morgan fingerprint density at radius 2 is 1.63 bits per heavy atom.